The second-order valence-electron chi connectivity index (χ2n) is 5.62. The molecule has 0 radical (unpaired) electrons. The van der Waals surface area contributed by atoms with Gasteiger partial charge in [-0.2, -0.15) is 4.39 Å². The number of rotatable bonds is 4. The fourth-order valence-electron chi connectivity index (χ4n) is 2.48. The lowest BCUT2D eigenvalue weighted by molar-refractivity contribution is 0.0931. The molecule has 1 atom stereocenters. The Morgan fingerprint density at radius 3 is 3.00 bits per heavy atom. The maximum atomic E-state index is 14.3. The molecule has 3 aromatic rings. The van der Waals surface area contributed by atoms with E-state index in [4.69, 9.17) is 0 Å². The zero-order chi connectivity index (χ0) is 16.4. The van der Waals surface area contributed by atoms with Gasteiger partial charge >= 0.3 is 0 Å². The predicted molar refractivity (Wildman–Crippen MR) is 84.8 cm³/mol. The first-order chi connectivity index (χ1) is 11.0. The molecule has 1 amide bonds. The number of carbonyl (C=O) groups is 1. The number of aryl methyl sites for hydroxylation is 1. The second kappa shape index (κ2) is 6.16. The smallest absolute Gasteiger partial charge is 0.274 e. The van der Waals surface area contributed by atoms with Gasteiger partial charge in [0, 0.05) is 24.6 Å². The SMILES string of the molecule is Cc1ccn2c(F)c(C(=O)NC(C)Cc3cccnc3)nc2c1. The van der Waals surface area contributed by atoms with Crippen LogP contribution in [-0.4, -0.2) is 26.3 Å². The molecular weight excluding hydrogens is 295 g/mol. The van der Waals surface area contributed by atoms with Crippen LogP contribution in [0.4, 0.5) is 4.39 Å². The van der Waals surface area contributed by atoms with Crippen molar-refractivity contribution in [2.75, 3.05) is 0 Å². The van der Waals surface area contributed by atoms with Gasteiger partial charge in [0.05, 0.1) is 0 Å². The molecule has 0 bridgehead atoms. The number of hydrogen-bond donors (Lipinski definition) is 1. The number of nitrogens with one attached hydrogen (secondary N) is 1. The van der Waals surface area contributed by atoms with E-state index < -0.39 is 11.9 Å². The third-order valence-corrected chi connectivity index (χ3v) is 3.58. The Kier molecular flexibility index (Phi) is 4.06. The van der Waals surface area contributed by atoms with Gasteiger partial charge in [-0.25, -0.2) is 4.98 Å². The van der Waals surface area contributed by atoms with Crippen LogP contribution in [0.2, 0.25) is 0 Å². The molecule has 1 N–H and O–H groups in total. The van der Waals surface area contributed by atoms with Gasteiger partial charge in [-0.05, 0) is 49.6 Å². The minimum absolute atomic E-state index is 0.155. The Morgan fingerprint density at radius 1 is 1.43 bits per heavy atom. The number of fused-ring (bicyclic) bond motifs is 1. The zero-order valence-electron chi connectivity index (χ0n) is 13.0. The summed E-state index contributed by atoms with van der Waals surface area (Å²) in [5.41, 5.74) is 2.20. The van der Waals surface area contributed by atoms with Crippen LogP contribution in [0, 0.1) is 12.9 Å². The van der Waals surface area contributed by atoms with Crippen LogP contribution in [0.25, 0.3) is 5.65 Å². The van der Waals surface area contributed by atoms with Crippen LogP contribution in [0.1, 0.15) is 28.5 Å². The van der Waals surface area contributed by atoms with Crippen molar-refractivity contribution in [2.24, 2.45) is 0 Å². The standard InChI is InChI=1S/C17H17FN4O/c1-11-5-7-22-14(8-11)21-15(16(22)18)17(23)20-12(2)9-13-4-3-6-19-10-13/h3-8,10,12H,9H2,1-2H3,(H,20,23). The van der Waals surface area contributed by atoms with Crippen molar-refractivity contribution in [1.29, 1.82) is 0 Å². The van der Waals surface area contributed by atoms with Gasteiger partial charge in [-0.3, -0.25) is 14.2 Å². The molecule has 3 heterocycles. The number of halogens is 1. The van der Waals surface area contributed by atoms with Crippen molar-refractivity contribution in [3.63, 3.8) is 0 Å². The summed E-state index contributed by atoms with van der Waals surface area (Å²) in [6.07, 6.45) is 5.63. The number of pyridine rings is 2. The fourth-order valence-corrected chi connectivity index (χ4v) is 2.48. The Labute approximate surface area is 133 Å². The molecule has 23 heavy (non-hydrogen) atoms. The maximum absolute atomic E-state index is 14.3. The van der Waals surface area contributed by atoms with Crippen LogP contribution in [0.5, 0.6) is 0 Å². The predicted octanol–water partition coefficient (Wildman–Crippen LogP) is 2.54. The first-order valence-electron chi connectivity index (χ1n) is 7.38. The van der Waals surface area contributed by atoms with E-state index in [0.717, 1.165) is 11.1 Å². The average molecular weight is 312 g/mol. The minimum Gasteiger partial charge on any atom is -0.348 e. The van der Waals surface area contributed by atoms with Gasteiger partial charge < -0.3 is 5.32 Å². The second-order valence-corrected chi connectivity index (χ2v) is 5.62. The van der Waals surface area contributed by atoms with Crippen molar-refractivity contribution >= 4 is 11.6 Å². The van der Waals surface area contributed by atoms with Crippen molar-refractivity contribution in [2.45, 2.75) is 26.3 Å². The molecule has 0 aliphatic rings. The van der Waals surface area contributed by atoms with Crippen LogP contribution < -0.4 is 5.32 Å². The summed E-state index contributed by atoms with van der Waals surface area (Å²) in [7, 11) is 0. The van der Waals surface area contributed by atoms with E-state index in [2.05, 4.69) is 15.3 Å². The van der Waals surface area contributed by atoms with Gasteiger partial charge in [-0.15, -0.1) is 0 Å². The van der Waals surface area contributed by atoms with Crippen molar-refractivity contribution in [1.82, 2.24) is 19.7 Å². The van der Waals surface area contributed by atoms with Crippen LogP contribution >= 0.6 is 0 Å². The van der Waals surface area contributed by atoms with Gasteiger partial charge in [0.15, 0.2) is 5.69 Å². The summed E-state index contributed by atoms with van der Waals surface area (Å²) in [6, 6.07) is 7.12. The van der Waals surface area contributed by atoms with E-state index >= 15 is 0 Å². The fraction of sp³-hybridized carbons (Fsp3) is 0.235. The molecule has 0 saturated heterocycles. The largest absolute Gasteiger partial charge is 0.348 e. The Hall–Kier alpha value is -2.76. The number of carbonyl (C=O) groups excluding carboxylic acids is 1. The summed E-state index contributed by atoms with van der Waals surface area (Å²) in [5, 5.41) is 2.78. The van der Waals surface area contributed by atoms with Crippen LogP contribution in [0.3, 0.4) is 0 Å². The number of aromatic nitrogens is 3. The summed E-state index contributed by atoms with van der Waals surface area (Å²) in [6.45, 7) is 3.76. The highest BCUT2D eigenvalue weighted by atomic mass is 19.1. The first kappa shape index (κ1) is 15.1. The first-order valence-corrected chi connectivity index (χ1v) is 7.38. The summed E-state index contributed by atoms with van der Waals surface area (Å²) in [4.78, 5) is 20.4. The average Bonchev–Trinajstić information content (AvgIpc) is 2.84. The number of hydrogen-bond acceptors (Lipinski definition) is 3. The molecular formula is C17H17FN4O. The van der Waals surface area contributed by atoms with E-state index in [0.29, 0.717) is 12.1 Å². The number of nitrogens with zero attached hydrogens (tertiary/aromatic N) is 3. The normalized spacial score (nSPS) is 12.3. The minimum atomic E-state index is -0.647. The van der Waals surface area contributed by atoms with Gasteiger partial charge in [-0.1, -0.05) is 6.07 Å². The summed E-state index contributed by atoms with van der Waals surface area (Å²) >= 11 is 0. The van der Waals surface area contributed by atoms with E-state index in [1.165, 1.54) is 4.40 Å². The van der Waals surface area contributed by atoms with E-state index in [1.54, 1.807) is 30.7 Å². The molecule has 0 aliphatic carbocycles. The monoisotopic (exact) mass is 312 g/mol. The zero-order valence-corrected chi connectivity index (χ0v) is 13.0. The highest BCUT2D eigenvalue weighted by Crippen LogP contribution is 2.13. The molecule has 1 unspecified atom stereocenters. The molecule has 3 rings (SSSR count). The lowest BCUT2D eigenvalue weighted by Gasteiger charge is -2.12. The molecule has 3 aromatic heterocycles. The summed E-state index contributed by atoms with van der Waals surface area (Å²) < 4.78 is 15.6. The van der Waals surface area contributed by atoms with Gasteiger partial charge in [0.1, 0.15) is 5.65 Å². The maximum Gasteiger partial charge on any atom is 0.274 e. The Balaban J connectivity index is 1.76. The summed E-state index contributed by atoms with van der Waals surface area (Å²) in [5.74, 6) is -1.16. The van der Waals surface area contributed by atoms with E-state index in [9.17, 15) is 9.18 Å². The molecule has 0 aliphatic heterocycles. The van der Waals surface area contributed by atoms with Crippen molar-refractivity contribution in [3.05, 3.63) is 65.6 Å². The van der Waals surface area contributed by atoms with Crippen molar-refractivity contribution in [3.8, 4) is 0 Å². The topological polar surface area (TPSA) is 59.3 Å². The number of imidazole rings is 1. The van der Waals surface area contributed by atoms with Crippen molar-refractivity contribution < 1.29 is 9.18 Å². The van der Waals surface area contributed by atoms with Gasteiger partial charge in [0.2, 0.25) is 5.95 Å². The molecule has 0 aromatic carbocycles. The highest BCUT2D eigenvalue weighted by molar-refractivity contribution is 5.93. The molecule has 0 saturated carbocycles. The molecule has 0 fully saturated rings. The third-order valence-electron chi connectivity index (χ3n) is 3.58. The third kappa shape index (κ3) is 3.21. The number of amides is 1. The van der Waals surface area contributed by atoms with E-state index in [1.807, 2.05) is 26.0 Å². The highest BCUT2D eigenvalue weighted by Gasteiger charge is 2.20. The van der Waals surface area contributed by atoms with E-state index in [-0.39, 0.29) is 11.7 Å². The lowest BCUT2D eigenvalue weighted by atomic mass is 10.1. The molecule has 5 nitrogen and oxygen atoms in total. The van der Waals surface area contributed by atoms with Gasteiger partial charge in [0.25, 0.3) is 5.91 Å². The molecule has 6 heteroatoms. The van der Waals surface area contributed by atoms with Crippen LogP contribution in [-0.2, 0) is 6.42 Å². The lowest BCUT2D eigenvalue weighted by Crippen LogP contribution is -2.34. The quantitative estimate of drug-likeness (QED) is 0.805. The molecule has 118 valence electrons. The Bertz CT molecular complexity index is 844. The molecule has 0 spiro atoms. The van der Waals surface area contributed by atoms with Crippen LogP contribution in [0.15, 0.2) is 42.9 Å². The Morgan fingerprint density at radius 2 is 2.26 bits per heavy atom.